The first-order valence-corrected chi connectivity index (χ1v) is 14.3. The molecule has 0 amide bonds. The van der Waals surface area contributed by atoms with Crippen LogP contribution in [0.4, 0.5) is 0 Å². The highest BCUT2D eigenvalue weighted by molar-refractivity contribution is 7.89. The predicted molar refractivity (Wildman–Crippen MR) is 147 cm³/mol. The van der Waals surface area contributed by atoms with Gasteiger partial charge in [-0.25, -0.2) is 13.1 Å². The quantitative estimate of drug-likeness (QED) is 0.339. The summed E-state index contributed by atoms with van der Waals surface area (Å²) in [6.07, 6.45) is 5.86. The van der Waals surface area contributed by atoms with Crippen molar-refractivity contribution in [2.45, 2.75) is 29.8 Å². The summed E-state index contributed by atoms with van der Waals surface area (Å²) in [6.45, 7) is 5.92. The number of nitrogens with zero attached hydrogens (tertiary/aromatic N) is 2. The molecule has 37 heavy (non-hydrogen) atoms. The molecular formula is C30H31N3O3S. The third-order valence-electron chi connectivity index (χ3n) is 8.18. The Morgan fingerprint density at radius 3 is 2.73 bits per heavy atom. The number of ether oxygens (including phenoxy) is 1. The smallest absolute Gasteiger partial charge is 0.241 e. The maximum absolute atomic E-state index is 14.1. The number of fused-ring (bicyclic) bond motifs is 5. The molecule has 4 unspecified atom stereocenters. The van der Waals surface area contributed by atoms with Crippen LogP contribution in [0.5, 0.6) is 5.75 Å². The molecule has 7 rings (SSSR count). The summed E-state index contributed by atoms with van der Waals surface area (Å²) in [5.74, 6) is 1.66. The molecule has 4 heterocycles. The summed E-state index contributed by atoms with van der Waals surface area (Å²) >= 11 is 0. The average Bonchev–Trinajstić information content (AvgIpc) is 2.95. The van der Waals surface area contributed by atoms with Gasteiger partial charge in [0.15, 0.2) is 0 Å². The molecule has 5 atom stereocenters. The van der Waals surface area contributed by atoms with Crippen LogP contribution in [0, 0.1) is 11.8 Å². The Balaban J connectivity index is 1.49. The van der Waals surface area contributed by atoms with Crippen LogP contribution in [-0.4, -0.2) is 44.5 Å². The van der Waals surface area contributed by atoms with E-state index in [1.807, 2.05) is 54.6 Å². The Kier molecular flexibility index (Phi) is 6.23. The zero-order chi connectivity index (χ0) is 25.6. The van der Waals surface area contributed by atoms with Gasteiger partial charge in [-0.2, -0.15) is 0 Å². The number of aromatic nitrogens is 1. The minimum atomic E-state index is -3.85. The monoisotopic (exact) mass is 513 g/mol. The molecule has 2 bridgehead atoms. The van der Waals surface area contributed by atoms with E-state index in [9.17, 15) is 8.42 Å². The van der Waals surface area contributed by atoms with Crippen molar-refractivity contribution in [3.63, 3.8) is 0 Å². The number of methoxy groups -OCH3 is 1. The molecule has 3 aliphatic rings. The maximum atomic E-state index is 14.1. The lowest BCUT2D eigenvalue weighted by Crippen LogP contribution is -2.57. The molecule has 190 valence electrons. The number of pyridine rings is 1. The lowest BCUT2D eigenvalue weighted by atomic mass is 9.73. The summed E-state index contributed by atoms with van der Waals surface area (Å²) in [6, 6.07) is 20.3. The van der Waals surface area contributed by atoms with Crippen molar-refractivity contribution in [1.29, 1.82) is 0 Å². The second-order valence-electron chi connectivity index (χ2n) is 10.1. The van der Waals surface area contributed by atoms with Crippen LogP contribution < -0.4 is 9.46 Å². The van der Waals surface area contributed by atoms with Gasteiger partial charge in [0, 0.05) is 29.6 Å². The number of hydrogen-bond donors (Lipinski definition) is 1. The maximum Gasteiger partial charge on any atom is 0.241 e. The normalized spacial score (nSPS) is 24.2. The van der Waals surface area contributed by atoms with Gasteiger partial charge in [0.2, 0.25) is 10.0 Å². The van der Waals surface area contributed by atoms with Gasteiger partial charge in [0.05, 0.1) is 23.6 Å². The number of benzene rings is 3. The fraction of sp³-hybridized carbons (Fsp3) is 0.300. The van der Waals surface area contributed by atoms with Gasteiger partial charge in [0.1, 0.15) is 5.75 Å². The van der Waals surface area contributed by atoms with Gasteiger partial charge in [-0.3, -0.25) is 9.88 Å². The van der Waals surface area contributed by atoms with E-state index in [0.29, 0.717) is 16.7 Å². The van der Waals surface area contributed by atoms with E-state index >= 15 is 0 Å². The minimum Gasteiger partial charge on any atom is -0.497 e. The van der Waals surface area contributed by atoms with Crippen LogP contribution in [-0.2, 0) is 10.0 Å². The van der Waals surface area contributed by atoms with Gasteiger partial charge >= 0.3 is 0 Å². The molecule has 3 fully saturated rings. The van der Waals surface area contributed by atoms with E-state index in [4.69, 9.17) is 4.74 Å². The molecule has 7 heteroatoms. The first-order chi connectivity index (χ1) is 18.0. The molecule has 3 aromatic carbocycles. The van der Waals surface area contributed by atoms with Crippen molar-refractivity contribution < 1.29 is 13.2 Å². The number of nitrogens with one attached hydrogen (secondary N) is 1. The molecule has 4 aromatic rings. The standard InChI is InChI=1S/C30H31N3O3S/c1-3-20-19-33-16-14-22(20)17-28(33)30(25-13-15-31-27-12-11-23(36-2)18-26(25)27)32-37(34,35)29-10-6-8-21-7-4-5-9-24(21)29/h3-13,15,18,20,22,28,30,32H,1,14,16-17,19H2,2H3/t20?,22?,28?,30-/m0/s1. The number of piperidine rings is 3. The molecule has 0 saturated carbocycles. The molecule has 3 aliphatic heterocycles. The summed E-state index contributed by atoms with van der Waals surface area (Å²) in [5.41, 5.74) is 1.73. The number of rotatable bonds is 7. The zero-order valence-corrected chi connectivity index (χ0v) is 21.7. The highest BCUT2D eigenvalue weighted by Gasteiger charge is 2.44. The summed E-state index contributed by atoms with van der Waals surface area (Å²) in [4.78, 5) is 7.29. The van der Waals surface area contributed by atoms with E-state index in [1.165, 1.54) is 0 Å². The average molecular weight is 514 g/mol. The van der Waals surface area contributed by atoms with Crippen LogP contribution in [0.2, 0.25) is 0 Å². The number of hydrogen-bond acceptors (Lipinski definition) is 5. The Hall–Kier alpha value is -3.26. The molecule has 3 saturated heterocycles. The molecule has 1 N–H and O–H groups in total. The molecule has 1 aromatic heterocycles. The third kappa shape index (κ3) is 4.31. The first-order valence-electron chi connectivity index (χ1n) is 12.8. The van der Waals surface area contributed by atoms with Crippen LogP contribution in [0.25, 0.3) is 21.7 Å². The van der Waals surface area contributed by atoms with E-state index in [2.05, 4.69) is 27.3 Å². The second kappa shape index (κ2) is 9.56. The van der Waals surface area contributed by atoms with E-state index in [1.54, 1.807) is 25.4 Å². The Bertz CT molecular complexity index is 1580. The molecular weight excluding hydrogens is 482 g/mol. The van der Waals surface area contributed by atoms with Gasteiger partial charge < -0.3 is 4.74 Å². The fourth-order valence-corrected chi connectivity index (χ4v) is 7.76. The van der Waals surface area contributed by atoms with Crippen LogP contribution in [0.3, 0.4) is 0 Å². The van der Waals surface area contributed by atoms with E-state index < -0.39 is 16.1 Å². The SMILES string of the molecule is C=CC1CN2CCC1CC2[C@@H](NS(=O)(=O)c1cccc2ccccc12)c1ccnc2ccc(OC)cc12. The summed E-state index contributed by atoms with van der Waals surface area (Å²) in [7, 11) is -2.21. The lowest BCUT2D eigenvalue weighted by molar-refractivity contribution is 0.00490. The number of sulfonamides is 1. The summed E-state index contributed by atoms with van der Waals surface area (Å²) < 4.78 is 36.8. The van der Waals surface area contributed by atoms with Crippen LogP contribution >= 0.6 is 0 Å². The van der Waals surface area contributed by atoms with Crippen molar-refractivity contribution in [2.75, 3.05) is 20.2 Å². The zero-order valence-electron chi connectivity index (χ0n) is 20.9. The predicted octanol–water partition coefficient (Wildman–Crippen LogP) is 5.31. The van der Waals surface area contributed by atoms with Crippen molar-refractivity contribution in [3.8, 4) is 5.75 Å². The Morgan fingerprint density at radius 1 is 1.11 bits per heavy atom. The van der Waals surface area contributed by atoms with Crippen molar-refractivity contribution in [2.24, 2.45) is 11.8 Å². The highest BCUT2D eigenvalue weighted by Crippen LogP contribution is 2.43. The lowest BCUT2D eigenvalue weighted by Gasteiger charge is -2.51. The first kappa shape index (κ1) is 24.1. The van der Waals surface area contributed by atoms with Gasteiger partial charge in [-0.1, -0.05) is 42.5 Å². The molecule has 6 nitrogen and oxygen atoms in total. The van der Waals surface area contributed by atoms with E-state index in [0.717, 1.165) is 58.9 Å². The van der Waals surface area contributed by atoms with Gasteiger partial charge in [-0.05, 0) is 72.5 Å². The van der Waals surface area contributed by atoms with Crippen molar-refractivity contribution in [3.05, 3.63) is 91.1 Å². The topological polar surface area (TPSA) is 71.5 Å². The van der Waals surface area contributed by atoms with Crippen LogP contribution in [0.15, 0.2) is 90.5 Å². The Morgan fingerprint density at radius 2 is 1.95 bits per heavy atom. The van der Waals surface area contributed by atoms with Gasteiger partial charge in [-0.15, -0.1) is 6.58 Å². The van der Waals surface area contributed by atoms with E-state index in [-0.39, 0.29) is 6.04 Å². The third-order valence-corrected chi connectivity index (χ3v) is 9.68. The molecule has 0 aliphatic carbocycles. The summed E-state index contributed by atoms with van der Waals surface area (Å²) in [5, 5.41) is 2.51. The van der Waals surface area contributed by atoms with Gasteiger partial charge in [0.25, 0.3) is 0 Å². The fourth-order valence-electron chi connectivity index (χ4n) is 6.28. The largest absolute Gasteiger partial charge is 0.497 e. The molecule has 0 radical (unpaired) electrons. The highest BCUT2D eigenvalue weighted by atomic mass is 32.2. The van der Waals surface area contributed by atoms with Crippen LogP contribution in [0.1, 0.15) is 24.4 Å². The van der Waals surface area contributed by atoms with Crippen molar-refractivity contribution >= 4 is 31.7 Å². The second-order valence-corrected chi connectivity index (χ2v) is 11.8. The minimum absolute atomic E-state index is 0.0245. The Labute approximate surface area is 218 Å². The van der Waals surface area contributed by atoms with Crippen molar-refractivity contribution in [1.82, 2.24) is 14.6 Å². The molecule has 0 spiro atoms.